The standard InChI is InChI=1S/C11H15N3O/c12-11(13)10-7-9(5-6-14-10)15-8-3-1-2-4-8/h5-8H,1-4H2,(H3,12,13). The molecule has 0 atom stereocenters. The van der Waals surface area contributed by atoms with Crippen molar-refractivity contribution in [1.82, 2.24) is 4.98 Å². The van der Waals surface area contributed by atoms with Crippen LogP contribution in [0.5, 0.6) is 5.75 Å². The lowest BCUT2D eigenvalue weighted by Gasteiger charge is -2.13. The van der Waals surface area contributed by atoms with E-state index < -0.39 is 0 Å². The maximum Gasteiger partial charge on any atom is 0.141 e. The molecule has 1 aliphatic rings. The number of ether oxygens (including phenoxy) is 1. The number of nitrogen functional groups attached to an aromatic ring is 1. The summed E-state index contributed by atoms with van der Waals surface area (Å²) in [5, 5.41) is 7.28. The zero-order valence-corrected chi connectivity index (χ0v) is 8.57. The zero-order chi connectivity index (χ0) is 10.7. The lowest BCUT2D eigenvalue weighted by Crippen LogP contribution is -2.15. The van der Waals surface area contributed by atoms with E-state index in [-0.39, 0.29) is 5.84 Å². The molecule has 1 saturated carbocycles. The number of nitrogens with two attached hydrogens (primary N) is 1. The van der Waals surface area contributed by atoms with Crippen molar-refractivity contribution >= 4 is 5.84 Å². The van der Waals surface area contributed by atoms with E-state index in [0.29, 0.717) is 11.8 Å². The highest BCUT2D eigenvalue weighted by molar-refractivity contribution is 5.93. The molecule has 0 saturated heterocycles. The van der Waals surface area contributed by atoms with Crippen LogP contribution in [0.2, 0.25) is 0 Å². The van der Waals surface area contributed by atoms with Crippen molar-refractivity contribution in [3.05, 3.63) is 24.0 Å². The summed E-state index contributed by atoms with van der Waals surface area (Å²) in [7, 11) is 0. The van der Waals surface area contributed by atoms with Gasteiger partial charge in [0.2, 0.25) is 0 Å². The maximum atomic E-state index is 7.28. The Balaban J connectivity index is 2.07. The number of amidine groups is 1. The number of hydrogen-bond donors (Lipinski definition) is 2. The Bertz CT molecular complexity index is 359. The molecule has 4 nitrogen and oxygen atoms in total. The smallest absolute Gasteiger partial charge is 0.141 e. The Labute approximate surface area is 89.0 Å². The number of pyridine rings is 1. The minimum atomic E-state index is -0.0214. The summed E-state index contributed by atoms with van der Waals surface area (Å²) in [6.45, 7) is 0. The van der Waals surface area contributed by atoms with Gasteiger partial charge in [-0.3, -0.25) is 10.4 Å². The summed E-state index contributed by atoms with van der Waals surface area (Å²) in [5.74, 6) is 0.744. The maximum absolute atomic E-state index is 7.28. The fourth-order valence-corrected chi connectivity index (χ4v) is 1.83. The van der Waals surface area contributed by atoms with E-state index in [4.69, 9.17) is 15.9 Å². The van der Waals surface area contributed by atoms with Crippen LogP contribution in [0.15, 0.2) is 18.3 Å². The molecule has 0 radical (unpaired) electrons. The molecule has 4 heteroatoms. The molecule has 2 rings (SSSR count). The molecular formula is C11H15N3O. The summed E-state index contributed by atoms with van der Waals surface area (Å²) in [6, 6.07) is 3.53. The SMILES string of the molecule is N=C(N)c1cc(OC2CCCC2)ccn1. The van der Waals surface area contributed by atoms with Gasteiger partial charge in [-0.1, -0.05) is 0 Å². The highest BCUT2D eigenvalue weighted by Crippen LogP contribution is 2.23. The third-order valence-electron chi connectivity index (χ3n) is 2.61. The van der Waals surface area contributed by atoms with Gasteiger partial charge in [0, 0.05) is 12.3 Å². The molecule has 1 heterocycles. The van der Waals surface area contributed by atoms with Gasteiger partial charge >= 0.3 is 0 Å². The van der Waals surface area contributed by atoms with Crippen molar-refractivity contribution in [1.29, 1.82) is 5.41 Å². The number of hydrogen-bond acceptors (Lipinski definition) is 3. The zero-order valence-electron chi connectivity index (χ0n) is 8.57. The first-order valence-electron chi connectivity index (χ1n) is 5.23. The first-order valence-corrected chi connectivity index (χ1v) is 5.23. The van der Waals surface area contributed by atoms with Gasteiger partial charge in [0.25, 0.3) is 0 Å². The van der Waals surface area contributed by atoms with Gasteiger partial charge in [0.15, 0.2) is 0 Å². The van der Waals surface area contributed by atoms with Crippen LogP contribution in [-0.4, -0.2) is 16.9 Å². The van der Waals surface area contributed by atoms with Crippen LogP contribution in [0.3, 0.4) is 0 Å². The second kappa shape index (κ2) is 4.29. The predicted octanol–water partition coefficient (Wildman–Crippen LogP) is 1.69. The average Bonchev–Trinajstić information content (AvgIpc) is 2.71. The Morgan fingerprint density at radius 3 is 2.87 bits per heavy atom. The van der Waals surface area contributed by atoms with Crippen LogP contribution < -0.4 is 10.5 Å². The van der Waals surface area contributed by atoms with E-state index in [1.807, 2.05) is 6.07 Å². The second-order valence-electron chi connectivity index (χ2n) is 3.81. The Morgan fingerprint density at radius 1 is 1.47 bits per heavy atom. The van der Waals surface area contributed by atoms with Crippen molar-refractivity contribution in [2.45, 2.75) is 31.8 Å². The average molecular weight is 205 g/mol. The Kier molecular flexibility index (Phi) is 2.85. The van der Waals surface area contributed by atoms with Gasteiger partial charge in [-0.25, -0.2) is 0 Å². The van der Waals surface area contributed by atoms with E-state index in [0.717, 1.165) is 18.6 Å². The van der Waals surface area contributed by atoms with E-state index in [1.165, 1.54) is 12.8 Å². The van der Waals surface area contributed by atoms with Crippen LogP contribution >= 0.6 is 0 Å². The predicted molar refractivity (Wildman–Crippen MR) is 58.1 cm³/mol. The molecule has 15 heavy (non-hydrogen) atoms. The summed E-state index contributed by atoms with van der Waals surface area (Å²) in [4.78, 5) is 3.98. The third kappa shape index (κ3) is 2.46. The molecule has 0 bridgehead atoms. The number of aromatic nitrogens is 1. The van der Waals surface area contributed by atoms with Gasteiger partial charge in [-0.15, -0.1) is 0 Å². The van der Waals surface area contributed by atoms with Gasteiger partial charge in [0.1, 0.15) is 17.3 Å². The van der Waals surface area contributed by atoms with Crippen molar-refractivity contribution in [2.75, 3.05) is 0 Å². The first-order chi connectivity index (χ1) is 7.25. The van der Waals surface area contributed by atoms with Crippen LogP contribution in [0.25, 0.3) is 0 Å². The minimum Gasteiger partial charge on any atom is -0.490 e. The van der Waals surface area contributed by atoms with Crippen molar-refractivity contribution < 1.29 is 4.74 Å². The molecule has 1 aromatic heterocycles. The molecule has 1 aliphatic carbocycles. The fraction of sp³-hybridized carbons (Fsp3) is 0.455. The molecular weight excluding hydrogens is 190 g/mol. The molecule has 1 fully saturated rings. The summed E-state index contributed by atoms with van der Waals surface area (Å²) >= 11 is 0. The lowest BCUT2D eigenvalue weighted by atomic mass is 10.3. The number of nitrogens with zero attached hydrogens (tertiary/aromatic N) is 1. The molecule has 0 amide bonds. The molecule has 80 valence electrons. The van der Waals surface area contributed by atoms with Crippen LogP contribution in [-0.2, 0) is 0 Å². The van der Waals surface area contributed by atoms with Crippen molar-refractivity contribution in [3.8, 4) is 5.75 Å². The molecule has 0 unspecified atom stereocenters. The normalized spacial score (nSPS) is 16.5. The van der Waals surface area contributed by atoms with Crippen LogP contribution in [0, 0.1) is 5.41 Å². The summed E-state index contributed by atoms with van der Waals surface area (Å²) in [5.41, 5.74) is 5.83. The van der Waals surface area contributed by atoms with Gasteiger partial charge < -0.3 is 10.5 Å². The first kappa shape index (κ1) is 9.96. The molecule has 0 spiro atoms. The Hall–Kier alpha value is -1.58. The Morgan fingerprint density at radius 2 is 2.20 bits per heavy atom. The molecule has 1 aromatic rings. The van der Waals surface area contributed by atoms with Gasteiger partial charge in [0.05, 0.1) is 6.10 Å². The van der Waals surface area contributed by atoms with Crippen molar-refractivity contribution in [2.24, 2.45) is 5.73 Å². The third-order valence-corrected chi connectivity index (χ3v) is 2.61. The molecule has 3 N–H and O–H groups in total. The quantitative estimate of drug-likeness (QED) is 0.582. The summed E-state index contributed by atoms with van der Waals surface area (Å²) in [6.07, 6.45) is 6.69. The van der Waals surface area contributed by atoms with Crippen LogP contribution in [0.1, 0.15) is 31.4 Å². The topological polar surface area (TPSA) is 72.0 Å². The van der Waals surface area contributed by atoms with Gasteiger partial charge in [-0.05, 0) is 31.7 Å². The van der Waals surface area contributed by atoms with Gasteiger partial charge in [-0.2, -0.15) is 0 Å². The van der Waals surface area contributed by atoms with E-state index in [9.17, 15) is 0 Å². The number of nitrogens with one attached hydrogen (secondary N) is 1. The van der Waals surface area contributed by atoms with Crippen molar-refractivity contribution in [3.63, 3.8) is 0 Å². The highest BCUT2D eigenvalue weighted by atomic mass is 16.5. The number of rotatable bonds is 3. The van der Waals surface area contributed by atoms with E-state index in [1.54, 1.807) is 12.3 Å². The largest absolute Gasteiger partial charge is 0.490 e. The molecule has 0 aliphatic heterocycles. The fourth-order valence-electron chi connectivity index (χ4n) is 1.83. The lowest BCUT2D eigenvalue weighted by molar-refractivity contribution is 0.210. The summed E-state index contributed by atoms with van der Waals surface area (Å²) < 4.78 is 5.77. The second-order valence-corrected chi connectivity index (χ2v) is 3.81. The van der Waals surface area contributed by atoms with E-state index >= 15 is 0 Å². The monoisotopic (exact) mass is 205 g/mol. The molecule has 0 aromatic carbocycles. The van der Waals surface area contributed by atoms with E-state index in [2.05, 4.69) is 4.98 Å². The highest BCUT2D eigenvalue weighted by Gasteiger charge is 2.16. The minimum absolute atomic E-state index is 0.0214. The van der Waals surface area contributed by atoms with Crippen LogP contribution in [0.4, 0.5) is 0 Å².